The van der Waals surface area contributed by atoms with Gasteiger partial charge in [0.05, 0.1) is 5.02 Å². The molecule has 8 heteroatoms. The van der Waals surface area contributed by atoms with Crippen LogP contribution in [-0.2, 0) is 16.6 Å². The first-order chi connectivity index (χ1) is 9.81. The highest BCUT2D eigenvalue weighted by Gasteiger charge is 2.22. The zero-order valence-corrected chi connectivity index (χ0v) is 15.4. The highest BCUT2D eigenvalue weighted by atomic mass is 35.5. The Balaban J connectivity index is 3.10. The first-order valence-electron chi connectivity index (χ1n) is 6.51. The van der Waals surface area contributed by atoms with Crippen molar-refractivity contribution in [2.75, 3.05) is 18.6 Å². The molecule has 120 valence electrons. The van der Waals surface area contributed by atoms with Crippen molar-refractivity contribution in [2.45, 2.75) is 31.3 Å². The molecule has 0 amide bonds. The molecule has 2 N–H and O–H groups in total. The van der Waals surface area contributed by atoms with Crippen molar-refractivity contribution in [1.82, 2.24) is 10.0 Å². The summed E-state index contributed by atoms with van der Waals surface area (Å²) in [5.74, 6) is 0.689. The van der Waals surface area contributed by atoms with Gasteiger partial charge in [0.2, 0.25) is 10.0 Å². The fourth-order valence-corrected chi connectivity index (χ4v) is 4.58. The third kappa shape index (κ3) is 5.62. The molecule has 0 aliphatic rings. The summed E-state index contributed by atoms with van der Waals surface area (Å²) >= 11 is 13.7. The Hall–Kier alpha value is 0.0200. The van der Waals surface area contributed by atoms with Crippen molar-refractivity contribution in [1.29, 1.82) is 0 Å². The number of nitrogens with one attached hydrogen (secondary N) is 2. The summed E-state index contributed by atoms with van der Waals surface area (Å²) in [5.41, 5.74) is 0.709. The molecular weight excluding hydrogens is 351 g/mol. The summed E-state index contributed by atoms with van der Waals surface area (Å²) in [6.45, 7) is 5.05. The van der Waals surface area contributed by atoms with Crippen LogP contribution in [0.1, 0.15) is 19.4 Å². The molecule has 0 bridgehead atoms. The van der Waals surface area contributed by atoms with Gasteiger partial charge in [-0.25, -0.2) is 13.1 Å². The standard InChI is InChI=1S/C13H20Cl2N2O2S2/c1-4-16-7-10-5-13(12(15)6-11(10)14)21(18,19)17-9(2)8-20-3/h5-6,9,16-17H,4,7-8H2,1-3H3. The molecule has 4 nitrogen and oxygen atoms in total. The van der Waals surface area contributed by atoms with Crippen LogP contribution in [0.2, 0.25) is 10.0 Å². The van der Waals surface area contributed by atoms with Crippen molar-refractivity contribution in [2.24, 2.45) is 0 Å². The van der Waals surface area contributed by atoms with Crippen LogP contribution in [0.4, 0.5) is 0 Å². The van der Waals surface area contributed by atoms with E-state index in [1.807, 2.05) is 20.1 Å². The molecule has 0 spiro atoms. The Labute approximate surface area is 141 Å². The number of benzene rings is 1. The molecule has 21 heavy (non-hydrogen) atoms. The van der Waals surface area contributed by atoms with Crippen LogP contribution in [0.25, 0.3) is 0 Å². The number of hydrogen-bond acceptors (Lipinski definition) is 4. The quantitative estimate of drug-likeness (QED) is 0.737. The van der Waals surface area contributed by atoms with Crippen molar-refractivity contribution < 1.29 is 8.42 Å². The number of halogens is 2. The molecule has 0 saturated heterocycles. The first-order valence-corrected chi connectivity index (χ1v) is 10.1. The maximum atomic E-state index is 12.4. The molecule has 0 fully saturated rings. The van der Waals surface area contributed by atoms with Crippen molar-refractivity contribution >= 4 is 45.0 Å². The smallest absolute Gasteiger partial charge is 0.242 e. The van der Waals surface area contributed by atoms with E-state index in [4.69, 9.17) is 23.2 Å². The van der Waals surface area contributed by atoms with Crippen LogP contribution < -0.4 is 10.0 Å². The lowest BCUT2D eigenvalue weighted by Gasteiger charge is -2.15. The predicted molar refractivity (Wildman–Crippen MR) is 92.0 cm³/mol. The lowest BCUT2D eigenvalue weighted by Crippen LogP contribution is -2.34. The summed E-state index contributed by atoms with van der Waals surface area (Å²) in [6, 6.07) is 2.83. The summed E-state index contributed by atoms with van der Waals surface area (Å²) in [6.07, 6.45) is 1.93. The van der Waals surface area contributed by atoms with Crippen LogP contribution in [0.3, 0.4) is 0 Å². The van der Waals surface area contributed by atoms with E-state index in [0.717, 1.165) is 6.54 Å². The lowest BCUT2D eigenvalue weighted by atomic mass is 10.2. The molecule has 0 aliphatic carbocycles. The highest BCUT2D eigenvalue weighted by molar-refractivity contribution is 7.98. The van der Waals surface area contributed by atoms with E-state index < -0.39 is 10.0 Å². The van der Waals surface area contributed by atoms with E-state index in [2.05, 4.69) is 10.0 Å². The first kappa shape index (κ1) is 19.1. The van der Waals surface area contributed by atoms with Crippen LogP contribution in [0.15, 0.2) is 17.0 Å². The summed E-state index contributed by atoms with van der Waals surface area (Å²) in [7, 11) is -3.66. The monoisotopic (exact) mass is 370 g/mol. The molecule has 0 radical (unpaired) electrons. The molecule has 1 aromatic carbocycles. The van der Waals surface area contributed by atoms with Gasteiger partial charge in [0.15, 0.2) is 0 Å². The highest BCUT2D eigenvalue weighted by Crippen LogP contribution is 2.28. The van der Waals surface area contributed by atoms with Gasteiger partial charge >= 0.3 is 0 Å². The van der Waals surface area contributed by atoms with Crippen molar-refractivity contribution in [3.63, 3.8) is 0 Å². The summed E-state index contributed by atoms with van der Waals surface area (Å²) < 4.78 is 27.4. The number of rotatable bonds is 8. The van der Waals surface area contributed by atoms with Gasteiger partial charge in [0, 0.05) is 23.4 Å². The second-order valence-electron chi connectivity index (χ2n) is 4.63. The number of sulfonamides is 1. The Morgan fingerprint density at radius 3 is 2.52 bits per heavy atom. The normalized spacial score (nSPS) is 13.4. The maximum Gasteiger partial charge on any atom is 0.242 e. The van der Waals surface area contributed by atoms with E-state index in [0.29, 0.717) is 22.9 Å². The molecule has 0 saturated carbocycles. The minimum absolute atomic E-state index is 0.0643. The minimum atomic E-state index is -3.66. The zero-order chi connectivity index (χ0) is 16.0. The van der Waals surface area contributed by atoms with Gasteiger partial charge < -0.3 is 5.32 Å². The van der Waals surface area contributed by atoms with Crippen LogP contribution in [0, 0.1) is 0 Å². The van der Waals surface area contributed by atoms with Crippen LogP contribution >= 0.6 is 35.0 Å². The van der Waals surface area contributed by atoms with Gasteiger partial charge in [-0.05, 0) is 37.4 Å². The van der Waals surface area contributed by atoms with Crippen molar-refractivity contribution in [3.8, 4) is 0 Å². The molecule has 1 unspecified atom stereocenters. The topological polar surface area (TPSA) is 58.2 Å². The van der Waals surface area contributed by atoms with E-state index in [1.54, 1.807) is 11.8 Å². The summed E-state index contributed by atoms with van der Waals surface area (Å²) in [4.78, 5) is 0.0643. The summed E-state index contributed by atoms with van der Waals surface area (Å²) in [5, 5.41) is 3.70. The Morgan fingerprint density at radius 1 is 1.29 bits per heavy atom. The fourth-order valence-electron chi connectivity index (χ4n) is 1.78. The zero-order valence-electron chi connectivity index (χ0n) is 12.2. The lowest BCUT2D eigenvalue weighted by molar-refractivity contribution is 0.571. The van der Waals surface area contributed by atoms with Gasteiger partial charge in [-0.15, -0.1) is 0 Å². The number of hydrogen-bond donors (Lipinski definition) is 2. The maximum absolute atomic E-state index is 12.4. The molecule has 1 aromatic rings. The van der Waals surface area contributed by atoms with Gasteiger partial charge in [0.25, 0.3) is 0 Å². The second kappa shape index (κ2) is 8.60. The van der Waals surface area contributed by atoms with Gasteiger partial charge in [-0.3, -0.25) is 0 Å². The Kier molecular flexibility index (Phi) is 7.81. The van der Waals surface area contributed by atoms with E-state index >= 15 is 0 Å². The van der Waals surface area contributed by atoms with Gasteiger partial charge in [-0.2, -0.15) is 11.8 Å². The predicted octanol–water partition coefficient (Wildman–Crippen LogP) is 3.13. The van der Waals surface area contributed by atoms with E-state index in [9.17, 15) is 8.42 Å². The third-order valence-corrected chi connectivity index (χ3v) is 5.97. The second-order valence-corrected chi connectivity index (χ2v) is 8.04. The largest absolute Gasteiger partial charge is 0.313 e. The average molecular weight is 371 g/mol. The molecule has 1 rings (SSSR count). The van der Waals surface area contributed by atoms with E-state index in [1.165, 1.54) is 12.1 Å². The molecule has 0 aliphatic heterocycles. The fraction of sp³-hybridized carbons (Fsp3) is 0.538. The Morgan fingerprint density at radius 2 is 1.95 bits per heavy atom. The van der Waals surface area contributed by atoms with Gasteiger partial charge in [-0.1, -0.05) is 30.1 Å². The average Bonchev–Trinajstić information content (AvgIpc) is 2.37. The minimum Gasteiger partial charge on any atom is -0.313 e. The SMILES string of the molecule is CCNCc1cc(S(=O)(=O)NC(C)CSC)c(Cl)cc1Cl. The van der Waals surface area contributed by atoms with Gasteiger partial charge in [0.1, 0.15) is 4.90 Å². The third-order valence-electron chi connectivity index (χ3n) is 2.73. The number of thioether (sulfide) groups is 1. The Bertz CT molecular complexity index is 580. The van der Waals surface area contributed by atoms with Crippen molar-refractivity contribution in [3.05, 3.63) is 27.7 Å². The molecule has 0 aromatic heterocycles. The van der Waals surface area contributed by atoms with E-state index in [-0.39, 0.29) is 16.0 Å². The molecule has 1 atom stereocenters. The van der Waals surface area contributed by atoms with Crippen LogP contribution in [-0.4, -0.2) is 33.0 Å². The van der Waals surface area contributed by atoms with Crippen LogP contribution in [0.5, 0.6) is 0 Å². The molecular formula is C13H20Cl2N2O2S2. The molecule has 0 heterocycles.